The van der Waals surface area contributed by atoms with Gasteiger partial charge in [-0.25, -0.2) is 0 Å². The first-order valence-electron chi connectivity index (χ1n) is 7.65. The minimum atomic E-state index is -0.0550. The van der Waals surface area contributed by atoms with E-state index in [1.165, 1.54) is 12.8 Å². The van der Waals surface area contributed by atoms with Gasteiger partial charge in [0.1, 0.15) is 10.6 Å². The maximum absolute atomic E-state index is 12.5. The van der Waals surface area contributed by atoms with Crippen LogP contribution < -0.4 is 5.32 Å². The predicted octanol–water partition coefficient (Wildman–Crippen LogP) is 3.15. The van der Waals surface area contributed by atoms with Gasteiger partial charge in [0.25, 0.3) is 5.91 Å². The van der Waals surface area contributed by atoms with E-state index in [-0.39, 0.29) is 5.91 Å². The van der Waals surface area contributed by atoms with Crippen molar-refractivity contribution < 1.29 is 4.79 Å². The molecule has 2 bridgehead atoms. The third-order valence-corrected chi connectivity index (χ3v) is 5.41. The van der Waals surface area contributed by atoms with Crippen LogP contribution in [0.1, 0.15) is 22.5 Å². The van der Waals surface area contributed by atoms with Crippen LogP contribution in [0.5, 0.6) is 0 Å². The van der Waals surface area contributed by atoms with E-state index in [2.05, 4.69) is 27.1 Å². The molecule has 3 unspecified atom stereocenters. The monoisotopic (exact) mass is 311 g/mol. The summed E-state index contributed by atoms with van der Waals surface area (Å²) < 4.78 is 3.96. The molecule has 0 saturated heterocycles. The predicted molar refractivity (Wildman–Crippen MR) is 86.5 cm³/mol. The van der Waals surface area contributed by atoms with E-state index in [0.29, 0.717) is 22.4 Å². The highest BCUT2D eigenvalue weighted by Gasteiger charge is 2.35. The van der Waals surface area contributed by atoms with Crippen molar-refractivity contribution in [2.75, 3.05) is 6.54 Å². The Hall–Kier alpha value is -2.01. The molecule has 112 valence electrons. The second-order valence-corrected chi connectivity index (χ2v) is 6.82. The molecule has 1 heterocycles. The minimum Gasteiger partial charge on any atom is -0.351 e. The molecule has 2 aromatic rings. The Kier molecular flexibility index (Phi) is 3.50. The fourth-order valence-corrected chi connectivity index (χ4v) is 4.16. The van der Waals surface area contributed by atoms with Crippen LogP contribution in [0.3, 0.4) is 0 Å². The van der Waals surface area contributed by atoms with E-state index >= 15 is 0 Å². The number of carbonyl (C=O) groups is 1. The molecule has 1 fully saturated rings. The summed E-state index contributed by atoms with van der Waals surface area (Å²) in [6.45, 7) is 0.746. The summed E-state index contributed by atoms with van der Waals surface area (Å²) >= 11 is 1.16. The van der Waals surface area contributed by atoms with Crippen molar-refractivity contribution in [3.05, 3.63) is 47.4 Å². The average Bonchev–Trinajstić information content (AvgIpc) is 3.29. The lowest BCUT2D eigenvalue weighted by Gasteiger charge is -2.18. The van der Waals surface area contributed by atoms with Crippen LogP contribution in [0, 0.1) is 17.8 Å². The molecule has 1 amide bonds. The summed E-state index contributed by atoms with van der Waals surface area (Å²) in [4.78, 5) is 13.1. The van der Waals surface area contributed by atoms with E-state index in [9.17, 15) is 4.79 Å². The van der Waals surface area contributed by atoms with Gasteiger partial charge in [0.2, 0.25) is 0 Å². The van der Waals surface area contributed by atoms with Crippen molar-refractivity contribution in [2.24, 2.45) is 17.8 Å². The molecule has 4 rings (SSSR count). The summed E-state index contributed by atoms with van der Waals surface area (Å²) in [5, 5.41) is 7.20. The third-order valence-electron chi connectivity index (χ3n) is 4.68. The molecule has 22 heavy (non-hydrogen) atoms. The zero-order chi connectivity index (χ0) is 14.9. The molecular weight excluding hydrogens is 294 g/mol. The maximum atomic E-state index is 12.5. The van der Waals surface area contributed by atoms with Gasteiger partial charge >= 0.3 is 0 Å². The smallest absolute Gasteiger partial charge is 0.265 e. The second-order valence-electron chi connectivity index (χ2n) is 6.07. The minimum absolute atomic E-state index is 0.0550. The summed E-state index contributed by atoms with van der Waals surface area (Å²) in [6.07, 6.45) is 7.10. The zero-order valence-corrected chi connectivity index (χ0v) is 12.9. The number of carbonyl (C=O) groups excluding carboxylic acids is 1. The Bertz CT molecular complexity index is 710. The molecule has 0 aliphatic heterocycles. The molecule has 5 heteroatoms. The first kappa shape index (κ1) is 13.6. The number of allylic oxidation sites excluding steroid dienone is 2. The molecule has 3 atom stereocenters. The van der Waals surface area contributed by atoms with Crippen molar-refractivity contribution in [1.82, 2.24) is 14.9 Å². The topological polar surface area (TPSA) is 54.9 Å². The highest BCUT2D eigenvalue weighted by Crippen LogP contribution is 2.43. The number of nitrogens with one attached hydrogen (secondary N) is 1. The molecule has 1 aromatic carbocycles. The van der Waals surface area contributed by atoms with Crippen LogP contribution in [0.15, 0.2) is 42.5 Å². The Balaban J connectivity index is 1.45. The largest absolute Gasteiger partial charge is 0.351 e. The molecule has 0 spiro atoms. The Labute approximate surface area is 133 Å². The summed E-state index contributed by atoms with van der Waals surface area (Å²) in [5.41, 5.74) is 1.61. The standard InChI is InChI=1S/C17H17N3OS/c21-17(18-10-14-9-11-6-7-13(14)8-11)16-15(19-20-22-16)12-4-2-1-3-5-12/h1-7,11,13-14H,8-10H2,(H,18,21). The summed E-state index contributed by atoms with van der Waals surface area (Å²) in [5.74, 6) is 1.91. The van der Waals surface area contributed by atoms with Gasteiger partial charge in [0.05, 0.1) is 0 Å². The number of nitrogens with zero attached hydrogens (tertiary/aromatic N) is 2. The van der Waals surface area contributed by atoms with E-state index in [1.54, 1.807) is 0 Å². The number of hydrogen-bond donors (Lipinski definition) is 1. The van der Waals surface area contributed by atoms with Crippen molar-refractivity contribution in [3.63, 3.8) is 0 Å². The van der Waals surface area contributed by atoms with Gasteiger partial charge in [-0.1, -0.05) is 47.0 Å². The van der Waals surface area contributed by atoms with Gasteiger partial charge in [-0.05, 0) is 42.1 Å². The van der Waals surface area contributed by atoms with E-state index in [4.69, 9.17) is 0 Å². The second kappa shape index (κ2) is 5.65. The van der Waals surface area contributed by atoms with Crippen LogP contribution in [0.4, 0.5) is 0 Å². The van der Waals surface area contributed by atoms with Gasteiger partial charge < -0.3 is 5.32 Å². The van der Waals surface area contributed by atoms with Crippen LogP contribution in [-0.2, 0) is 0 Å². The summed E-state index contributed by atoms with van der Waals surface area (Å²) in [7, 11) is 0. The number of benzene rings is 1. The number of fused-ring (bicyclic) bond motifs is 2. The van der Waals surface area contributed by atoms with Crippen molar-refractivity contribution >= 4 is 17.4 Å². The molecular formula is C17H17N3OS. The SMILES string of the molecule is O=C(NCC1CC2C=CC1C2)c1snnc1-c1ccccc1. The third kappa shape index (κ3) is 2.46. The molecule has 2 aliphatic rings. The van der Waals surface area contributed by atoms with Crippen LogP contribution in [0.2, 0.25) is 0 Å². The van der Waals surface area contributed by atoms with Crippen molar-refractivity contribution in [3.8, 4) is 11.3 Å². The maximum Gasteiger partial charge on any atom is 0.265 e. The fraction of sp³-hybridized carbons (Fsp3) is 0.353. The van der Waals surface area contributed by atoms with E-state index < -0.39 is 0 Å². The lowest BCUT2D eigenvalue weighted by molar-refractivity contribution is 0.0949. The van der Waals surface area contributed by atoms with Gasteiger partial charge in [-0.2, -0.15) is 0 Å². The first-order valence-corrected chi connectivity index (χ1v) is 8.43. The van der Waals surface area contributed by atoms with Crippen LogP contribution in [0.25, 0.3) is 11.3 Å². The molecule has 1 N–H and O–H groups in total. The number of rotatable bonds is 4. The van der Waals surface area contributed by atoms with Crippen molar-refractivity contribution in [1.29, 1.82) is 0 Å². The van der Waals surface area contributed by atoms with Gasteiger partial charge in [-0.15, -0.1) is 5.10 Å². The van der Waals surface area contributed by atoms with Crippen molar-refractivity contribution in [2.45, 2.75) is 12.8 Å². The molecule has 1 saturated carbocycles. The first-order chi connectivity index (χ1) is 10.8. The zero-order valence-electron chi connectivity index (χ0n) is 12.1. The highest BCUT2D eigenvalue weighted by molar-refractivity contribution is 7.08. The summed E-state index contributed by atoms with van der Waals surface area (Å²) in [6, 6.07) is 9.74. The number of hydrogen-bond acceptors (Lipinski definition) is 4. The number of aromatic nitrogens is 2. The lowest BCUT2D eigenvalue weighted by atomic mass is 9.93. The number of amides is 1. The molecule has 2 aliphatic carbocycles. The highest BCUT2D eigenvalue weighted by atomic mass is 32.1. The van der Waals surface area contributed by atoms with Gasteiger partial charge in [0, 0.05) is 12.1 Å². The molecule has 1 aromatic heterocycles. The van der Waals surface area contributed by atoms with Crippen LogP contribution >= 0.6 is 11.5 Å². The normalized spacial score (nSPS) is 25.5. The molecule has 4 nitrogen and oxygen atoms in total. The Morgan fingerprint density at radius 1 is 1.23 bits per heavy atom. The fourth-order valence-electron chi connectivity index (χ4n) is 3.56. The van der Waals surface area contributed by atoms with E-state index in [1.807, 2.05) is 30.3 Å². The lowest BCUT2D eigenvalue weighted by Crippen LogP contribution is -2.30. The Morgan fingerprint density at radius 2 is 2.09 bits per heavy atom. The Morgan fingerprint density at radius 3 is 2.82 bits per heavy atom. The van der Waals surface area contributed by atoms with Crippen LogP contribution in [-0.4, -0.2) is 22.0 Å². The average molecular weight is 311 g/mol. The van der Waals surface area contributed by atoms with E-state index in [0.717, 1.165) is 29.6 Å². The quantitative estimate of drug-likeness (QED) is 0.883. The molecule has 0 radical (unpaired) electrons. The van der Waals surface area contributed by atoms with Gasteiger partial charge in [0.15, 0.2) is 0 Å². The van der Waals surface area contributed by atoms with Gasteiger partial charge in [-0.3, -0.25) is 4.79 Å².